The summed E-state index contributed by atoms with van der Waals surface area (Å²) in [5, 5.41) is 18.1. The molecule has 2 rings (SSSR count). The van der Waals surface area contributed by atoms with Crippen molar-refractivity contribution in [3.05, 3.63) is 0 Å². The molecule has 1 aliphatic carbocycles. The SMILES string of the molecule is N#CCN1CC2CCC(O)CC2C1. The highest BCUT2D eigenvalue weighted by molar-refractivity contribution is 4.92. The lowest BCUT2D eigenvalue weighted by molar-refractivity contribution is 0.0866. The van der Waals surface area contributed by atoms with Crippen LogP contribution in [0.25, 0.3) is 0 Å². The largest absolute Gasteiger partial charge is 0.393 e. The second-order valence-electron chi connectivity index (χ2n) is 4.34. The monoisotopic (exact) mass is 180 g/mol. The maximum absolute atomic E-state index is 9.49. The Morgan fingerprint density at radius 2 is 2.08 bits per heavy atom. The molecule has 0 spiro atoms. The normalized spacial score (nSPS) is 39.8. The Labute approximate surface area is 79.0 Å². The number of nitriles is 1. The van der Waals surface area contributed by atoms with E-state index in [1.807, 2.05) is 0 Å². The summed E-state index contributed by atoms with van der Waals surface area (Å²) in [5.74, 6) is 1.40. The van der Waals surface area contributed by atoms with E-state index >= 15 is 0 Å². The van der Waals surface area contributed by atoms with Crippen LogP contribution in [-0.2, 0) is 0 Å². The van der Waals surface area contributed by atoms with Crippen molar-refractivity contribution in [3.63, 3.8) is 0 Å². The van der Waals surface area contributed by atoms with Crippen LogP contribution in [-0.4, -0.2) is 35.7 Å². The zero-order valence-electron chi connectivity index (χ0n) is 7.82. The lowest BCUT2D eigenvalue weighted by atomic mass is 9.80. The molecule has 0 aromatic rings. The molecule has 3 unspecified atom stereocenters. The minimum absolute atomic E-state index is 0.0803. The lowest BCUT2D eigenvalue weighted by Crippen LogP contribution is -2.26. The van der Waals surface area contributed by atoms with Crippen LogP contribution in [0.1, 0.15) is 19.3 Å². The van der Waals surface area contributed by atoms with Crippen LogP contribution < -0.4 is 0 Å². The van der Waals surface area contributed by atoms with Crippen molar-refractivity contribution in [2.45, 2.75) is 25.4 Å². The fourth-order valence-electron chi connectivity index (χ4n) is 2.73. The number of hydrogen-bond acceptors (Lipinski definition) is 3. The zero-order chi connectivity index (χ0) is 9.26. The van der Waals surface area contributed by atoms with Gasteiger partial charge in [0.1, 0.15) is 0 Å². The average molecular weight is 180 g/mol. The minimum atomic E-state index is -0.0803. The summed E-state index contributed by atoms with van der Waals surface area (Å²) >= 11 is 0. The Bertz CT molecular complexity index is 223. The molecule has 1 aliphatic heterocycles. The maximum atomic E-state index is 9.49. The molecule has 0 amide bonds. The van der Waals surface area contributed by atoms with Gasteiger partial charge in [0, 0.05) is 13.1 Å². The molecule has 1 N–H and O–H groups in total. The molecule has 3 heteroatoms. The first kappa shape index (κ1) is 8.98. The van der Waals surface area contributed by atoms with Crippen LogP contribution >= 0.6 is 0 Å². The van der Waals surface area contributed by atoms with Crippen molar-refractivity contribution in [3.8, 4) is 6.07 Å². The van der Waals surface area contributed by atoms with Crippen LogP contribution in [0.15, 0.2) is 0 Å². The van der Waals surface area contributed by atoms with Gasteiger partial charge in [-0.2, -0.15) is 5.26 Å². The third kappa shape index (κ3) is 1.84. The van der Waals surface area contributed by atoms with E-state index in [4.69, 9.17) is 5.26 Å². The molecule has 13 heavy (non-hydrogen) atoms. The summed E-state index contributed by atoms with van der Waals surface area (Å²) in [6.07, 6.45) is 2.98. The molecule has 0 bridgehead atoms. The fourth-order valence-corrected chi connectivity index (χ4v) is 2.73. The molecule has 0 radical (unpaired) electrons. The topological polar surface area (TPSA) is 47.3 Å². The van der Waals surface area contributed by atoms with E-state index in [1.54, 1.807) is 0 Å². The quantitative estimate of drug-likeness (QED) is 0.601. The van der Waals surface area contributed by atoms with Gasteiger partial charge in [0.25, 0.3) is 0 Å². The number of aliphatic hydroxyl groups excluding tert-OH is 1. The second kappa shape index (κ2) is 3.65. The lowest BCUT2D eigenvalue weighted by Gasteiger charge is -2.27. The summed E-state index contributed by atoms with van der Waals surface area (Å²) in [5.41, 5.74) is 0. The molecule has 1 heterocycles. The number of rotatable bonds is 1. The molecule has 3 nitrogen and oxygen atoms in total. The molecule has 72 valence electrons. The van der Waals surface area contributed by atoms with Crippen molar-refractivity contribution in [1.82, 2.24) is 4.90 Å². The van der Waals surface area contributed by atoms with Crippen molar-refractivity contribution >= 4 is 0 Å². The molecular weight excluding hydrogens is 164 g/mol. The Morgan fingerprint density at radius 3 is 2.85 bits per heavy atom. The standard InChI is InChI=1S/C10H16N2O/c11-3-4-12-6-8-1-2-10(13)5-9(8)7-12/h8-10,13H,1-2,4-7H2. The third-order valence-electron chi connectivity index (χ3n) is 3.39. The Kier molecular flexibility index (Phi) is 2.52. The van der Waals surface area contributed by atoms with Crippen LogP contribution in [0.4, 0.5) is 0 Å². The van der Waals surface area contributed by atoms with Crippen LogP contribution in [0.3, 0.4) is 0 Å². The van der Waals surface area contributed by atoms with E-state index in [0.717, 1.165) is 38.3 Å². The van der Waals surface area contributed by atoms with Crippen molar-refractivity contribution in [2.75, 3.05) is 19.6 Å². The van der Waals surface area contributed by atoms with E-state index in [0.29, 0.717) is 12.5 Å². The Morgan fingerprint density at radius 1 is 1.31 bits per heavy atom. The van der Waals surface area contributed by atoms with Crippen molar-refractivity contribution in [2.24, 2.45) is 11.8 Å². The first-order chi connectivity index (χ1) is 6.29. The Hall–Kier alpha value is -0.590. The highest BCUT2D eigenvalue weighted by atomic mass is 16.3. The predicted octanol–water partition coefficient (Wildman–Crippen LogP) is 0.603. The van der Waals surface area contributed by atoms with E-state index in [-0.39, 0.29) is 6.10 Å². The molecule has 2 fully saturated rings. The van der Waals surface area contributed by atoms with E-state index < -0.39 is 0 Å². The zero-order valence-corrected chi connectivity index (χ0v) is 7.82. The highest BCUT2D eigenvalue weighted by Crippen LogP contribution is 2.35. The van der Waals surface area contributed by atoms with Crippen LogP contribution in [0, 0.1) is 23.2 Å². The van der Waals surface area contributed by atoms with Crippen LogP contribution in [0.2, 0.25) is 0 Å². The summed E-state index contributed by atoms with van der Waals surface area (Å²) in [7, 11) is 0. The number of nitrogens with zero attached hydrogens (tertiary/aromatic N) is 2. The average Bonchev–Trinajstić information content (AvgIpc) is 2.46. The first-order valence-corrected chi connectivity index (χ1v) is 5.07. The van der Waals surface area contributed by atoms with Gasteiger partial charge in [-0.3, -0.25) is 4.90 Å². The third-order valence-corrected chi connectivity index (χ3v) is 3.39. The van der Waals surface area contributed by atoms with E-state index in [9.17, 15) is 5.11 Å². The number of aliphatic hydroxyl groups is 1. The molecule has 3 atom stereocenters. The van der Waals surface area contributed by atoms with Gasteiger partial charge >= 0.3 is 0 Å². The van der Waals surface area contributed by atoms with E-state index in [2.05, 4.69) is 11.0 Å². The molecule has 1 saturated carbocycles. The van der Waals surface area contributed by atoms with Gasteiger partial charge in [0.15, 0.2) is 0 Å². The van der Waals surface area contributed by atoms with Gasteiger partial charge < -0.3 is 5.11 Å². The van der Waals surface area contributed by atoms with Gasteiger partial charge in [0.2, 0.25) is 0 Å². The Balaban J connectivity index is 1.91. The summed E-state index contributed by atoms with van der Waals surface area (Å²) in [6, 6.07) is 2.19. The van der Waals surface area contributed by atoms with Gasteiger partial charge in [-0.15, -0.1) is 0 Å². The van der Waals surface area contributed by atoms with E-state index in [1.165, 1.54) is 0 Å². The predicted molar refractivity (Wildman–Crippen MR) is 48.9 cm³/mol. The van der Waals surface area contributed by atoms with Crippen molar-refractivity contribution < 1.29 is 5.11 Å². The molecule has 2 aliphatic rings. The summed E-state index contributed by atoms with van der Waals surface area (Å²) in [6.45, 7) is 2.66. The fraction of sp³-hybridized carbons (Fsp3) is 0.900. The maximum Gasteiger partial charge on any atom is 0.0866 e. The first-order valence-electron chi connectivity index (χ1n) is 5.07. The summed E-state index contributed by atoms with van der Waals surface area (Å²) in [4.78, 5) is 2.22. The van der Waals surface area contributed by atoms with Crippen LogP contribution in [0.5, 0.6) is 0 Å². The molecule has 1 saturated heterocycles. The van der Waals surface area contributed by atoms with Gasteiger partial charge in [-0.25, -0.2) is 0 Å². The molecule has 0 aromatic carbocycles. The highest BCUT2D eigenvalue weighted by Gasteiger charge is 2.36. The second-order valence-corrected chi connectivity index (χ2v) is 4.34. The summed E-state index contributed by atoms with van der Waals surface area (Å²) < 4.78 is 0. The smallest absolute Gasteiger partial charge is 0.0866 e. The van der Waals surface area contributed by atoms with Gasteiger partial charge in [0.05, 0.1) is 18.7 Å². The van der Waals surface area contributed by atoms with Gasteiger partial charge in [-0.1, -0.05) is 0 Å². The number of fused-ring (bicyclic) bond motifs is 1. The van der Waals surface area contributed by atoms with Gasteiger partial charge in [-0.05, 0) is 31.1 Å². The van der Waals surface area contributed by atoms with Crippen molar-refractivity contribution in [1.29, 1.82) is 5.26 Å². The molecule has 0 aromatic heterocycles. The number of likely N-dealkylation sites (tertiary alicyclic amines) is 1. The molecular formula is C10H16N2O. The minimum Gasteiger partial charge on any atom is -0.393 e. The number of hydrogen-bond donors (Lipinski definition) is 1.